The van der Waals surface area contributed by atoms with Gasteiger partial charge in [0.1, 0.15) is 13.6 Å². The number of amides is 5. The van der Waals surface area contributed by atoms with Crippen molar-refractivity contribution in [3.8, 4) is 5.75 Å². The third kappa shape index (κ3) is 8.98. The van der Waals surface area contributed by atoms with Crippen LogP contribution in [0.2, 0.25) is 0 Å². The molecule has 1 atom stereocenters. The second-order valence-corrected chi connectivity index (χ2v) is 15.2. The summed E-state index contributed by atoms with van der Waals surface area (Å²) in [6.07, 6.45) is 4.26. The van der Waals surface area contributed by atoms with Gasteiger partial charge >= 0.3 is 12.1 Å². The van der Waals surface area contributed by atoms with Gasteiger partial charge in [0.2, 0.25) is 0 Å². The van der Waals surface area contributed by atoms with Gasteiger partial charge in [-0.1, -0.05) is 24.3 Å². The molecule has 0 spiro atoms. The lowest BCUT2D eigenvalue weighted by Gasteiger charge is -2.41. The number of benzene rings is 2. The molecule has 3 saturated heterocycles. The summed E-state index contributed by atoms with van der Waals surface area (Å²) >= 11 is 3.41. The number of phenols is 1. The summed E-state index contributed by atoms with van der Waals surface area (Å²) in [6.45, 7) is 4.39. The van der Waals surface area contributed by atoms with Crippen LogP contribution in [0.1, 0.15) is 49.7 Å². The van der Waals surface area contributed by atoms with Gasteiger partial charge in [-0.05, 0) is 115 Å². The van der Waals surface area contributed by atoms with Gasteiger partial charge in [0.25, 0.3) is 11.8 Å². The van der Waals surface area contributed by atoms with E-state index in [4.69, 9.17) is 9.94 Å². The second-order valence-electron chi connectivity index (χ2n) is 14.4. The van der Waals surface area contributed by atoms with Crippen molar-refractivity contribution in [1.29, 1.82) is 0 Å². The summed E-state index contributed by atoms with van der Waals surface area (Å²) in [5.74, 6) is 0.502. The van der Waals surface area contributed by atoms with E-state index in [0.717, 1.165) is 62.0 Å². The molecule has 0 radical (unpaired) electrons. The zero-order valence-corrected chi connectivity index (χ0v) is 30.8. The highest BCUT2D eigenvalue weighted by molar-refractivity contribution is 9.10. The molecule has 4 aliphatic rings. The Labute approximate surface area is 308 Å². The van der Waals surface area contributed by atoms with E-state index in [1.807, 2.05) is 40.1 Å². The van der Waals surface area contributed by atoms with E-state index >= 15 is 0 Å². The maximum absolute atomic E-state index is 14.1. The fraction of sp³-hybridized carbons (Fsp3) is 0.556. The first kappa shape index (κ1) is 37.0. The van der Waals surface area contributed by atoms with Gasteiger partial charge in [-0.3, -0.25) is 19.7 Å². The molecule has 4 aliphatic heterocycles. The maximum atomic E-state index is 14.1. The molecule has 4 N–H and O–H groups in total. The minimum Gasteiger partial charge on any atom is -0.507 e. The Morgan fingerprint density at radius 3 is 2.25 bits per heavy atom. The Morgan fingerprint density at radius 2 is 1.59 bits per heavy atom. The second kappa shape index (κ2) is 16.7. The van der Waals surface area contributed by atoms with Gasteiger partial charge in [-0.2, -0.15) is 0 Å². The predicted molar refractivity (Wildman–Crippen MR) is 197 cm³/mol. The minimum absolute atomic E-state index is 0.00770. The number of halogens is 1. The Morgan fingerprint density at radius 1 is 0.941 bits per heavy atom. The van der Waals surface area contributed by atoms with Crippen molar-refractivity contribution >= 4 is 58.9 Å². The van der Waals surface area contributed by atoms with E-state index in [-0.39, 0.29) is 36.7 Å². The maximum Gasteiger partial charge on any atom is 0.410 e. The topological polar surface area (TPSA) is 155 Å². The average Bonchev–Trinajstić information content (AvgIpc) is 3.31. The summed E-state index contributed by atoms with van der Waals surface area (Å²) in [7, 11) is 1.79. The summed E-state index contributed by atoms with van der Waals surface area (Å²) < 4.78 is 6.56. The van der Waals surface area contributed by atoms with E-state index < -0.39 is 18.1 Å². The van der Waals surface area contributed by atoms with Gasteiger partial charge in [0, 0.05) is 50.9 Å². The summed E-state index contributed by atoms with van der Waals surface area (Å²) in [4.78, 5) is 59.8. The molecule has 5 amide bonds. The number of urea groups is 1. The summed E-state index contributed by atoms with van der Waals surface area (Å²) in [5.41, 5.74) is 5.08. The Kier molecular flexibility index (Phi) is 12.1. The zero-order valence-electron chi connectivity index (χ0n) is 29.2. The molecule has 0 unspecified atom stereocenters. The predicted octanol–water partition coefficient (Wildman–Crippen LogP) is 2.47. The number of hydrogen-bond donors (Lipinski definition) is 4. The molecule has 0 saturated carbocycles. The van der Waals surface area contributed by atoms with Crippen molar-refractivity contribution in [3.63, 3.8) is 0 Å². The number of nitrogens with zero attached hydrogens (tertiary/aromatic N) is 4. The first-order valence-corrected chi connectivity index (χ1v) is 18.9. The molecular weight excluding hydrogens is 719 g/mol. The molecule has 13 nitrogen and oxygen atoms in total. The SMILES string of the molecule is Bc1cc(C[C@@H](OC(=O)N2CCC(N3CCc4ccccc4NC3=O)CC2)C(=O)N2CCC(C3CCN(CC(=O)NO)CC3)CC2)cc(Br)c1O. The van der Waals surface area contributed by atoms with Crippen molar-refractivity contribution in [1.82, 2.24) is 25.1 Å². The molecule has 2 aromatic rings. The number of fused-ring (bicyclic) bond motifs is 1. The lowest BCUT2D eigenvalue weighted by atomic mass is 9.78. The van der Waals surface area contributed by atoms with Crippen molar-refractivity contribution < 1.29 is 34.2 Å². The number of hydroxylamine groups is 1. The van der Waals surface area contributed by atoms with Crippen LogP contribution in [0, 0.1) is 11.8 Å². The third-order valence-electron chi connectivity index (χ3n) is 11.2. The molecule has 0 bridgehead atoms. The molecule has 3 fully saturated rings. The first-order valence-electron chi connectivity index (χ1n) is 18.1. The monoisotopic (exact) mass is 766 g/mol. The van der Waals surface area contributed by atoms with Crippen molar-refractivity contribution in [2.24, 2.45) is 11.8 Å². The average molecular weight is 768 g/mol. The van der Waals surface area contributed by atoms with Crippen LogP contribution in [0.15, 0.2) is 40.9 Å². The van der Waals surface area contributed by atoms with Crippen LogP contribution in [-0.4, -0.2) is 126 Å². The van der Waals surface area contributed by atoms with Crippen molar-refractivity contribution in [2.45, 2.75) is 63.5 Å². The highest BCUT2D eigenvalue weighted by Crippen LogP contribution is 2.33. The number of aromatic hydroxyl groups is 1. The number of hydrogen-bond acceptors (Lipinski definition) is 8. The van der Waals surface area contributed by atoms with Crippen LogP contribution < -0.4 is 16.3 Å². The molecule has 274 valence electrons. The Hall–Kier alpha value is -3.82. The van der Waals surface area contributed by atoms with Crippen LogP contribution in [-0.2, 0) is 27.2 Å². The zero-order chi connectivity index (χ0) is 36.1. The molecule has 0 aliphatic carbocycles. The van der Waals surface area contributed by atoms with E-state index in [1.54, 1.807) is 24.3 Å². The standard InChI is InChI=1S/C36H48BBrN6O7/c37-28-19-23(20-29(38)33(28)46)21-31(34(47)42-14-7-25(8-15-42)24-5-12-41(13-6-24)22-32(45)40-50)51-36(49)43-16-10-27(11-17-43)44-18-9-26-3-1-2-4-30(26)39-35(44)48/h1-4,19-20,24-25,27,31,46,50H,5-18,21-22,37H2,(H,39,48)(H,40,45)/t31-/m1/s1. The smallest absolute Gasteiger partial charge is 0.410 e. The van der Waals surface area contributed by atoms with E-state index in [9.17, 15) is 24.3 Å². The molecule has 6 rings (SSSR count). The van der Waals surface area contributed by atoms with Gasteiger partial charge < -0.3 is 29.9 Å². The number of para-hydroxylation sites is 1. The lowest BCUT2D eigenvalue weighted by Crippen LogP contribution is -2.52. The van der Waals surface area contributed by atoms with E-state index in [1.165, 1.54) is 0 Å². The largest absolute Gasteiger partial charge is 0.507 e. The molecule has 0 aromatic heterocycles. The number of piperidine rings is 3. The number of ether oxygens (including phenoxy) is 1. The molecule has 51 heavy (non-hydrogen) atoms. The van der Waals surface area contributed by atoms with Crippen LogP contribution >= 0.6 is 15.9 Å². The number of carbonyl (C=O) groups is 4. The Bertz CT molecular complexity index is 1570. The van der Waals surface area contributed by atoms with Crippen LogP contribution in [0.25, 0.3) is 0 Å². The van der Waals surface area contributed by atoms with Crippen molar-refractivity contribution in [2.75, 3.05) is 57.7 Å². The number of nitrogens with one attached hydrogen (secondary N) is 2. The summed E-state index contributed by atoms with van der Waals surface area (Å²) in [5, 5.41) is 22.2. The Balaban J connectivity index is 1.06. The molecule has 2 aromatic carbocycles. The molecule has 4 heterocycles. The van der Waals surface area contributed by atoms with Crippen LogP contribution in [0.5, 0.6) is 5.75 Å². The fourth-order valence-electron chi connectivity index (χ4n) is 8.23. The van der Waals surface area contributed by atoms with Crippen LogP contribution in [0.4, 0.5) is 15.3 Å². The van der Waals surface area contributed by atoms with Gasteiger partial charge in [0.05, 0.1) is 11.0 Å². The van der Waals surface area contributed by atoms with Crippen LogP contribution in [0.3, 0.4) is 0 Å². The highest BCUT2D eigenvalue weighted by Gasteiger charge is 2.37. The van der Waals surface area contributed by atoms with Gasteiger partial charge in [-0.25, -0.2) is 15.1 Å². The molecule has 15 heteroatoms. The van der Waals surface area contributed by atoms with Gasteiger partial charge in [0.15, 0.2) is 6.10 Å². The summed E-state index contributed by atoms with van der Waals surface area (Å²) in [6, 6.07) is 11.3. The van der Waals surface area contributed by atoms with E-state index in [2.05, 4.69) is 26.1 Å². The number of rotatable bonds is 8. The number of likely N-dealkylation sites (tertiary alicyclic amines) is 3. The first-order chi connectivity index (χ1) is 24.6. The number of phenolic OH excluding ortho intramolecular Hbond substituents is 1. The number of anilines is 1. The van der Waals surface area contributed by atoms with E-state index in [0.29, 0.717) is 67.3 Å². The third-order valence-corrected chi connectivity index (χ3v) is 11.8. The quantitative estimate of drug-likeness (QED) is 0.182. The normalized spacial score (nSPS) is 20.3. The van der Waals surface area contributed by atoms with Crippen molar-refractivity contribution in [3.05, 3.63) is 52.0 Å². The lowest BCUT2D eigenvalue weighted by molar-refractivity contribution is -0.142. The van der Waals surface area contributed by atoms with Gasteiger partial charge in [-0.15, -0.1) is 0 Å². The highest BCUT2D eigenvalue weighted by atomic mass is 79.9. The molecular formula is C36H48BBrN6O7. The minimum atomic E-state index is -1.03. The number of carbonyl (C=O) groups excluding carboxylic acids is 4. The fourth-order valence-corrected chi connectivity index (χ4v) is 8.84.